The Balaban J connectivity index is 2.73. The van der Waals surface area contributed by atoms with Gasteiger partial charge in [0, 0.05) is 6.04 Å². The smallest absolute Gasteiger partial charge is 0.319 e. The van der Waals surface area contributed by atoms with Crippen LogP contribution in [0.2, 0.25) is 0 Å². The third-order valence-electron chi connectivity index (χ3n) is 2.95. The van der Waals surface area contributed by atoms with E-state index >= 15 is 0 Å². The van der Waals surface area contributed by atoms with E-state index in [9.17, 15) is 9.59 Å². The number of rotatable bonds is 2. The highest BCUT2D eigenvalue weighted by Crippen LogP contribution is 2.36. The van der Waals surface area contributed by atoms with Crippen LogP contribution in [-0.2, 0) is 14.3 Å². The molecule has 0 saturated heterocycles. The molecule has 0 spiro atoms. The van der Waals surface area contributed by atoms with Crippen LogP contribution in [0.1, 0.15) is 46.5 Å². The molecule has 0 unspecified atom stereocenters. The van der Waals surface area contributed by atoms with Crippen molar-refractivity contribution in [2.45, 2.75) is 58.1 Å². The van der Waals surface area contributed by atoms with Crippen LogP contribution in [-0.4, -0.2) is 23.9 Å². The lowest BCUT2D eigenvalue weighted by molar-refractivity contribution is -0.170. The molecule has 2 N–H and O–H groups in total. The molecule has 0 radical (unpaired) electrons. The van der Waals surface area contributed by atoms with E-state index in [4.69, 9.17) is 10.5 Å². The molecule has 1 aliphatic rings. The third-order valence-corrected chi connectivity index (χ3v) is 2.95. The van der Waals surface area contributed by atoms with Crippen LogP contribution < -0.4 is 5.73 Å². The van der Waals surface area contributed by atoms with Crippen LogP contribution in [0.4, 0.5) is 0 Å². The van der Waals surface area contributed by atoms with Gasteiger partial charge in [-0.25, -0.2) is 0 Å². The maximum atomic E-state index is 12.0. The lowest BCUT2D eigenvalue weighted by Crippen LogP contribution is -2.44. The number of carbonyl (C=O) groups excluding carboxylic acids is 2. The van der Waals surface area contributed by atoms with Gasteiger partial charge >= 0.3 is 5.97 Å². The molecule has 0 aromatic heterocycles. The van der Waals surface area contributed by atoms with Crippen molar-refractivity contribution in [2.24, 2.45) is 11.1 Å². The predicted molar refractivity (Wildman–Crippen MR) is 60.8 cm³/mol. The van der Waals surface area contributed by atoms with E-state index < -0.39 is 17.0 Å². The Labute approximate surface area is 96.5 Å². The van der Waals surface area contributed by atoms with Crippen LogP contribution in [0.25, 0.3) is 0 Å². The normalized spacial score (nSPS) is 30.9. The first-order valence-electron chi connectivity index (χ1n) is 5.74. The van der Waals surface area contributed by atoms with Gasteiger partial charge in [-0.1, -0.05) is 0 Å². The molecule has 1 fully saturated rings. The lowest BCUT2D eigenvalue weighted by Gasteiger charge is -2.34. The fourth-order valence-corrected chi connectivity index (χ4v) is 1.91. The second-order valence-electron chi connectivity index (χ2n) is 5.61. The Bertz CT molecular complexity index is 272. The molecule has 0 atom stereocenters. The standard InChI is InChI=1S/C12H21NO3/c1-11(2,3)16-10(15)12(8-14)6-4-9(13)5-7-12/h8-9H,4-7,13H2,1-3H3/t9-,12-. The average Bonchev–Trinajstić information content (AvgIpc) is 2.17. The van der Waals surface area contributed by atoms with Gasteiger partial charge in [-0.2, -0.15) is 0 Å². The zero-order valence-corrected chi connectivity index (χ0v) is 10.3. The number of esters is 1. The van der Waals surface area contributed by atoms with Gasteiger partial charge in [-0.3, -0.25) is 4.79 Å². The maximum Gasteiger partial charge on any atom is 0.319 e. The predicted octanol–water partition coefficient (Wildman–Crippen LogP) is 1.41. The Morgan fingerprint density at radius 1 is 1.38 bits per heavy atom. The van der Waals surface area contributed by atoms with Gasteiger partial charge in [0.25, 0.3) is 0 Å². The van der Waals surface area contributed by atoms with Gasteiger partial charge in [0.05, 0.1) is 0 Å². The molecule has 0 aromatic carbocycles. The summed E-state index contributed by atoms with van der Waals surface area (Å²) in [4.78, 5) is 23.2. The number of ether oxygens (including phenoxy) is 1. The number of aldehydes is 1. The van der Waals surface area contributed by atoms with Crippen LogP contribution in [0.3, 0.4) is 0 Å². The summed E-state index contributed by atoms with van der Waals surface area (Å²) in [5.74, 6) is -0.401. The van der Waals surface area contributed by atoms with Gasteiger partial charge in [0.1, 0.15) is 17.3 Å². The Hall–Kier alpha value is -0.900. The van der Waals surface area contributed by atoms with E-state index in [-0.39, 0.29) is 6.04 Å². The molecular weight excluding hydrogens is 206 g/mol. The molecule has 0 bridgehead atoms. The highest BCUT2D eigenvalue weighted by Gasteiger charge is 2.43. The average molecular weight is 227 g/mol. The highest BCUT2D eigenvalue weighted by molar-refractivity contribution is 5.93. The summed E-state index contributed by atoms with van der Waals surface area (Å²) in [7, 11) is 0. The molecule has 16 heavy (non-hydrogen) atoms. The molecule has 0 aromatic rings. The molecular formula is C12H21NO3. The summed E-state index contributed by atoms with van der Waals surface area (Å²) in [6.07, 6.45) is 3.17. The summed E-state index contributed by atoms with van der Waals surface area (Å²) in [5.41, 5.74) is 4.27. The first-order valence-corrected chi connectivity index (χ1v) is 5.74. The zero-order valence-electron chi connectivity index (χ0n) is 10.3. The minimum atomic E-state index is -0.955. The summed E-state index contributed by atoms with van der Waals surface area (Å²) in [5, 5.41) is 0. The zero-order chi connectivity index (χ0) is 12.4. The molecule has 4 nitrogen and oxygen atoms in total. The fraction of sp³-hybridized carbons (Fsp3) is 0.833. The largest absolute Gasteiger partial charge is 0.459 e. The minimum absolute atomic E-state index is 0.107. The van der Waals surface area contributed by atoms with Crippen LogP contribution in [0, 0.1) is 5.41 Å². The van der Waals surface area contributed by atoms with E-state index in [2.05, 4.69) is 0 Å². The van der Waals surface area contributed by atoms with Crippen molar-refractivity contribution >= 4 is 12.3 Å². The minimum Gasteiger partial charge on any atom is -0.459 e. The lowest BCUT2D eigenvalue weighted by atomic mass is 9.73. The van der Waals surface area contributed by atoms with Crippen molar-refractivity contribution in [3.63, 3.8) is 0 Å². The summed E-state index contributed by atoms with van der Waals surface area (Å²) in [6, 6.07) is 0.107. The van der Waals surface area contributed by atoms with E-state index in [1.807, 2.05) is 0 Å². The Kier molecular flexibility index (Phi) is 3.73. The van der Waals surface area contributed by atoms with Crippen molar-refractivity contribution in [3.8, 4) is 0 Å². The Morgan fingerprint density at radius 3 is 2.25 bits per heavy atom. The number of hydrogen-bond acceptors (Lipinski definition) is 4. The molecule has 1 aliphatic carbocycles. The monoisotopic (exact) mass is 227 g/mol. The second-order valence-corrected chi connectivity index (χ2v) is 5.61. The van der Waals surface area contributed by atoms with E-state index in [1.165, 1.54) is 0 Å². The third kappa shape index (κ3) is 3.04. The summed E-state index contributed by atoms with van der Waals surface area (Å²) in [6.45, 7) is 5.41. The summed E-state index contributed by atoms with van der Waals surface area (Å²) >= 11 is 0. The molecule has 92 valence electrons. The van der Waals surface area contributed by atoms with Gasteiger partial charge < -0.3 is 15.3 Å². The van der Waals surface area contributed by atoms with Crippen molar-refractivity contribution in [2.75, 3.05) is 0 Å². The first kappa shape index (κ1) is 13.2. The van der Waals surface area contributed by atoms with Crippen LogP contribution >= 0.6 is 0 Å². The Morgan fingerprint density at radius 2 is 1.88 bits per heavy atom. The molecule has 1 rings (SSSR count). The van der Waals surface area contributed by atoms with Crippen LogP contribution in [0.5, 0.6) is 0 Å². The van der Waals surface area contributed by atoms with Crippen molar-refractivity contribution < 1.29 is 14.3 Å². The number of hydrogen-bond donors (Lipinski definition) is 1. The molecule has 0 amide bonds. The number of nitrogens with two attached hydrogens (primary N) is 1. The van der Waals surface area contributed by atoms with Gasteiger partial charge in [-0.05, 0) is 46.5 Å². The quantitative estimate of drug-likeness (QED) is 0.440. The topological polar surface area (TPSA) is 69.4 Å². The summed E-state index contributed by atoms with van der Waals surface area (Å²) < 4.78 is 5.30. The van der Waals surface area contributed by atoms with Gasteiger partial charge in [-0.15, -0.1) is 0 Å². The van der Waals surface area contributed by atoms with E-state index in [0.717, 1.165) is 6.29 Å². The number of carbonyl (C=O) groups is 2. The van der Waals surface area contributed by atoms with Gasteiger partial charge in [0.15, 0.2) is 0 Å². The molecule has 1 saturated carbocycles. The van der Waals surface area contributed by atoms with E-state index in [0.29, 0.717) is 25.7 Å². The molecule has 4 heteroatoms. The first-order chi connectivity index (χ1) is 7.29. The van der Waals surface area contributed by atoms with Crippen LogP contribution in [0.15, 0.2) is 0 Å². The van der Waals surface area contributed by atoms with E-state index in [1.54, 1.807) is 20.8 Å². The van der Waals surface area contributed by atoms with Crippen molar-refractivity contribution in [1.82, 2.24) is 0 Å². The maximum absolute atomic E-state index is 12.0. The highest BCUT2D eigenvalue weighted by atomic mass is 16.6. The molecule has 0 aliphatic heterocycles. The van der Waals surface area contributed by atoms with Crippen molar-refractivity contribution in [1.29, 1.82) is 0 Å². The van der Waals surface area contributed by atoms with Gasteiger partial charge in [0.2, 0.25) is 0 Å². The molecule has 0 heterocycles. The van der Waals surface area contributed by atoms with Crippen molar-refractivity contribution in [3.05, 3.63) is 0 Å². The second kappa shape index (κ2) is 4.53. The SMILES string of the molecule is CC(C)(C)OC(=O)[C@]1(C=O)CC[C@@H](N)CC1. The fourth-order valence-electron chi connectivity index (χ4n) is 1.91.